The van der Waals surface area contributed by atoms with Gasteiger partial charge >= 0.3 is 0 Å². The minimum Gasteiger partial charge on any atom is -0.346 e. The van der Waals surface area contributed by atoms with E-state index < -0.39 is 0 Å². The lowest BCUT2D eigenvalue weighted by molar-refractivity contribution is 0.823. The van der Waals surface area contributed by atoms with E-state index in [0.717, 1.165) is 35.0 Å². The van der Waals surface area contributed by atoms with Crippen LogP contribution in [0.2, 0.25) is 0 Å². The molecule has 3 rings (SSSR count). The number of aromatic nitrogens is 1. The van der Waals surface area contributed by atoms with Crippen LogP contribution in [-0.2, 0) is 19.9 Å². The first-order chi connectivity index (χ1) is 9.31. The van der Waals surface area contributed by atoms with Gasteiger partial charge in [-0.3, -0.25) is 0 Å². The van der Waals surface area contributed by atoms with Crippen LogP contribution in [0, 0.1) is 11.3 Å². The molecule has 0 amide bonds. The first-order valence-corrected chi connectivity index (χ1v) is 7.18. The fourth-order valence-corrected chi connectivity index (χ4v) is 3.27. The van der Waals surface area contributed by atoms with Gasteiger partial charge in [-0.25, -0.2) is 0 Å². The molecule has 0 N–H and O–H groups in total. The van der Waals surface area contributed by atoms with Gasteiger partial charge in [0.25, 0.3) is 0 Å². The molecule has 0 atom stereocenters. The molecule has 0 saturated heterocycles. The first kappa shape index (κ1) is 12.0. The van der Waals surface area contributed by atoms with Crippen LogP contribution in [0.3, 0.4) is 0 Å². The third-order valence-corrected chi connectivity index (χ3v) is 4.46. The molecule has 3 aromatic rings. The summed E-state index contributed by atoms with van der Waals surface area (Å²) in [5.41, 5.74) is 3.10. The number of nitriles is 1. The van der Waals surface area contributed by atoms with E-state index in [1.54, 1.807) is 11.3 Å². The molecule has 2 heterocycles. The van der Waals surface area contributed by atoms with E-state index in [9.17, 15) is 5.26 Å². The molecule has 2 aromatic heterocycles. The molecule has 2 nitrogen and oxygen atoms in total. The van der Waals surface area contributed by atoms with Crippen molar-refractivity contribution < 1.29 is 0 Å². The number of benzene rings is 1. The van der Waals surface area contributed by atoms with Crippen LogP contribution in [-0.4, -0.2) is 4.57 Å². The van der Waals surface area contributed by atoms with E-state index in [1.807, 2.05) is 25.2 Å². The van der Waals surface area contributed by atoms with Gasteiger partial charge in [-0.1, -0.05) is 24.3 Å². The van der Waals surface area contributed by atoms with Crippen molar-refractivity contribution in [1.29, 1.82) is 5.26 Å². The Balaban J connectivity index is 2.03. The van der Waals surface area contributed by atoms with E-state index in [-0.39, 0.29) is 0 Å². The van der Waals surface area contributed by atoms with Crippen molar-refractivity contribution >= 4 is 22.2 Å². The fourth-order valence-electron chi connectivity index (χ4n) is 2.56. The predicted octanol–water partition coefficient (Wildman–Crippen LogP) is 3.90. The average Bonchev–Trinajstić information content (AvgIpc) is 3.04. The summed E-state index contributed by atoms with van der Waals surface area (Å²) in [4.78, 5) is 1.37. The van der Waals surface area contributed by atoms with Gasteiger partial charge in [0, 0.05) is 28.5 Å². The molecule has 19 heavy (non-hydrogen) atoms. The Morgan fingerprint density at radius 2 is 2.00 bits per heavy atom. The lowest BCUT2D eigenvalue weighted by atomic mass is 10.1. The summed E-state index contributed by atoms with van der Waals surface area (Å²) < 4.78 is 2.15. The van der Waals surface area contributed by atoms with E-state index in [2.05, 4.69) is 34.2 Å². The minimum absolute atomic E-state index is 0.828. The maximum atomic E-state index is 9.43. The number of thiophene rings is 1. The summed E-state index contributed by atoms with van der Waals surface area (Å²) in [6.45, 7) is 0. The number of fused-ring (bicyclic) bond motifs is 1. The van der Waals surface area contributed by atoms with E-state index in [4.69, 9.17) is 0 Å². The van der Waals surface area contributed by atoms with Crippen molar-refractivity contribution in [3.8, 4) is 6.07 Å². The van der Waals surface area contributed by atoms with Crippen LogP contribution in [0.4, 0.5) is 0 Å². The van der Waals surface area contributed by atoms with E-state index >= 15 is 0 Å². The van der Waals surface area contributed by atoms with E-state index in [0.29, 0.717) is 0 Å². The molecule has 0 unspecified atom stereocenters. The third-order valence-electron chi connectivity index (χ3n) is 3.53. The molecule has 0 aliphatic rings. The summed E-state index contributed by atoms with van der Waals surface area (Å²) in [6, 6.07) is 14.7. The smallest absolute Gasteiger partial charge is 0.102 e. The number of hydrogen-bond acceptors (Lipinski definition) is 2. The number of nitrogens with zero attached hydrogens (tertiary/aromatic N) is 2. The van der Waals surface area contributed by atoms with Crippen LogP contribution in [0.5, 0.6) is 0 Å². The Labute approximate surface area is 116 Å². The van der Waals surface area contributed by atoms with Crippen molar-refractivity contribution in [2.75, 3.05) is 0 Å². The second kappa shape index (κ2) is 4.91. The van der Waals surface area contributed by atoms with Crippen molar-refractivity contribution in [3.05, 3.63) is 57.9 Å². The van der Waals surface area contributed by atoms with Crippen LogP contribution < -0.4 is 0 Å². The normalized spacial score (nSPS) is 10.7. The SMILES string of the molecule is Cn1c(CCc2cccs2)c(C#N)c2ccccc21. The van der Waals surface area contributed by atoms with Crippen molar-refractivity contribution in [2.45, 2.75) is 12.8 Å². The molecule has 94 valence electrons. The Kier molecular flexibility index (Phi) is 3.10. The minimum atomic E-state index is 0.828. The largest absolute Gasteiger partial charge is 0.346 e. The molecular weight excluding hydrogens is 252 g/mol. The number of para-hydroxylation sites is 1. The quantitative estimate of drug-likeness (QED) is 0.707. The average molecular weight is 266 g/mol. The summed E-state index contributed by atoms with van der Waals surface area (Å²) >= 11 is 1.78. The Morgan fingerprint density at radius 1 is 1.16 bits per heavy atom. The van der Waals surface area contributed by atoms with Gasteiger partial charge in [-0.05, 0) is 30.4 Å². The summed E-state index contributed by atoms with van der Waals surface area (Å²) in [6.07, 6.45) is 1.91. The predicted molar refractivity (Wildman–Crippen MR) is 79.4 cm³/mol. The van der Waals surface area contributed by atoms with Crippen LogP contribution in [0.15, 0.2) is 41.8 Å². The third kappa shape index (κ3) is 2.05. The lowest BCUT2D eigenvalue weighted by Gasteiger charge is -2.03. The van der Waals surface area contributed by atoms with Crippen molar-refractivity contribution in [2.24, 2.45) is 7.05 Å². The second-order valence-corrected chi connectivity index (χ2v) is 5.62. The molecular formula is C16H14N2S. The molecule has 3 heteroatoms. The zero-order valence-corrected chi connectivity index (χ0v) is 11.6. The highest BCUT2D eigenvalue weighted by molar-refractivity contribution is 7.09. The molecule has 0 aliphatic heterocycles. The van der Waals surface area contributed by atoms with Crippen LogP contribution >= 0.6 is 11.3 Å². The standard InChI is InChI=1S/C16H14N2S/c1-18-15-7-3-2-6-13(15)14(11-17)16(18)9-8-12-5-4-10-19-12/h2-7,10H,8-9H2,1H3. The molecule has 0 spiro atoms. The van der Waals surface area contributed by atoms with Gasteiger partial charge in [-0.15, -0.1) is 11.3 Å². The van der Waals surface area contributed by atoms with Gasteiger partial charge < -0.3 is 4.57 Å². The van der Waals surface area contributed by atoms with Crippen molar-refractivity contribution in [3.63, 3.8) is 0 Å². The second-order valence-electron chi connectivity index (χ2n) is 4.59. The monoisotopic (exact) mass is 266 g/mol. The summed E-state index contributed by atoms with van der Waals surface area (Å²) in [7, 11) is 2.05. The Hall–Kier alpha value is -2.05. The van der Waals surface area contributed by atoms with Gasteiger partial charge in [-0.2, -0.15) is 5.26 Å². The first-order valence-electron chi connectivity index (χ1n) is 6.30. The van der Waals surface area contributed by atoms with Gasteiger partial charge in [0.1, 0.15) is 6.07 Å². The van der Waals surface area contributed by atoms with Gasteiger partial charge in [0.15, 0.2) is 0 Å². The van der Waals surface area contributed by atoms with Gasteiger partial charge in [0.2, 0.25) is 0 Å². The zero-order valence-electron chi connectivity index (χ0n) is 10.8. The molecule has 0 fully saturated rings. The van der Waals surface area contributed by atoms with Crippen LogP contribution in [0.25, 0.3) is 10.9 Å². The topological polar surface area (TPSA) is 28.7 Å². The highest BCUT2D eigenvalue weighted by Crippen LogP contribution is 2.26. The maximum Gasteiger partial charge on any atom is 0.102 e. The highest BCUT2D eigenvalue weighted by atomic mass is 32.1. The van der Waals surface area contributed by atoms with Crippen LogP contribution in [0.1, 0.15) is 16.1 Å². The fraction of sp³-hybridized carbons (Fsp3) is 0.188. The molecule has 0 saturated carbocycles. The number of hydrogen-bond donors (Lipinski definition) is 0. The number of rotatable bonds is 3. The van der Waals surface area contributed by atoms with Crippen molar-refractivity contribution in [1.82, 2.24) is 4.57 Å². The molecule has 0 bridgehead atoms. The molecule has 0 aliphatic carbocycles. The molecule has 0 radical (unpaired) electrons. The lowest BCUT2D eigenvalue weighted by Crippen LogP contribution is -1.99. The Bertz CT molecular complexity index is 745. The summed E-state index contributed by atoms with van der Waals surface area (Å²) in [5, 5.41) is 12.6. The zero-order chi connectivity index (χ0) is 13.2. The Morgan fingerprint density at radius 3 is 2.74 bits per heavy atom. The van der Waals surface area contributed by atoms with E-state index in [1.165, 1.54) is 4.88 Å². The summed E-state index contributed by atoms with van der Waals surface area (Å²) in [5.74, 6) is 0. The highest BCUT2D eigenvalue weighted by Gasteiger charge is 2.14. The number of aryl methyl sites for hydroxylation is 2. The maximum absolute atomic E-state index is 9.43. The van der Waals surface area contributed by atoms with Gasteiger partial charge in [0.05, 0.1) is 5.56 Å². The molecule has 1 aromatic carbocycles.